The fraction of sp³-hybridized carbons (Fsp3) is 1.00. The molecule has 0 spiro atoms. The number of hydrogen-bond donors (Lipinski definition) is 0. The van der Waals surface area contributed by atoms with Gasteiger partial charge in [0.05, 0.1) is 0 Å². The molecule has 0 aliphatic rings. The second-order valence-electron chi connectivity index (χ2n) is 6.69. The van der Waals surface area contributed by atoms with Crippen LogP contribution in [0.2, 0.25) is 0 Å². The molecule has 0 aromatic rings. The molecule has 0 amide bonds. The van der Waals surface area contributed by atoms with Crippen molar-refractivity contribution in [3.05, 3.63) is 0 Å². The van der Waals surface area contributed by atoms with Gasteiger partial charge in [0.1, 0.15) is 0 Å². The van der Waals surface area contributed by atoms with Gasteiger partial charge in [-0.3, -0.25) is 0 Å². The Labute approximate surface area is 262 Å². The van der Waals surface area contributed by atoms with Gasteiger partial charge >= 0.3 is 44.8 Å². The molecule has 0 saturated heterocycles. The summed E-state index contributed by atoms with van der Waals surface area (Å²) in [5, 5.41) is 92.3. The molecule has 0 heterocycles. The van der Waals surface area contributed by atoms with Crippen molar-refractivity contribution < 1.29 is 95.8 Å². The van der Waals surface area contributed by atoms with E-state index in [1.165, 1.54) is 0 Å². The Kier molecular flexibility index (Phi) is 226. The van der Waals surface area contributed by atoms with Gasteiger partial charge in [-0.25, -0.2) is 0 Å². The molecular weight excluding hydrogens is 646 g/mol. The fourth-order valence-corrected chi connectivity index (χ4v) is 0. The first-order valence-corrected chi connectivity index (χ1v) is 11.9. The first-order chi connectivity index (χ1) is 15.7. The largest absolute Gasteiger partial charge is 5.00 e. The monoisotopic (exact) mass is 706 g/mol. The molecule has 0 saturated carbocycles. The Bertz CT molecular complexity index is 144. The van der Waals surface area contributed by atoms with Crippen LogP contribution in [0.25, 0.3) is 0 Å². The van der Waals surface area contributed by atoms with E-state index in [4.69, 9.17) is 25.5 Å². The maximum absolute atomic E-state index is 9.53. The van der Waals surface area contributed by atoms with E-state index in [0.29, 0.717) is 0 Å². The molecule has 0 aromatic heterocycles. The molecule has 230 valence electrons. The van der Waals surface area contributed by atoms with E-state index in [1.807, 2.05) is 0 Å². The molecule has 0 fully saturated rings. The zero-order valence-electron chi connectivity index (χ0n) is 26.4. The van der Waals surface area contributed by atoms with Crippen molar-refractivity contribution in [3.8, 4) is 0 Å². The molecule has 0 N–H and O–H groups in total. The predicted molar refractivity (Wildman–Crippen MR) is 128 cm³/mol. The second-order valence-corrected chi connectivity index (χ2v) is 6.69. The molecular formula is C25H60Nb2O10. The number of rotatable bonds is 0. The van der Waals surface area contributed by atoms with Gasteiger partial charge in [0, 0.05) is 0 Å². The van der Waals surface area contributed by atoms with Crippen LogP contribution in [0.15, 0.2) is 0 Å². The van der Waals surface area contributed by atoms with Crippen LogP contribution in [0.3, 0.4) is 0 Å². The van der Waals surface area contributed by atoms with Gasteiger partial charge in [-0.15, -0.1) is 63.6 Å². The van der Waals surface area contributed by atoms with E-state index in [0.717, 1.165) is 0 Å². The topological polar surface area (TPSA) is 231 Å². The maximum atomic E-state index is 9.53. The van der Waals surface area contributed by atoms with Crippen LogP contribution < -0.4 is 51.1 Å². The van der Waals surface area contributed by atoms with Gasteiger partial charge in [0.25, 0.3) is 0 Å². The van der Waals surface area contributed by atoms with Gasteiger partial charge < -0.3 is 51.1 Å². The Balaban J connectivity index is -0.0000000187. The smallest absolute Gasteiger partial charge is 0.855 e. The quantitative estimate of drug-likeness (QED) is 0.220. The first-order valence-electron chi connectivity index (χ1n) is 11.9. The van der Waals surface area contributed by atoms with E-state index in [-0.39, 0.29) is 77.8 Å². The summed E-state index contributed by atoms with van der Waals surface area (Å²) in [7, 11) is 0. The van der Waals surface area contributed by atoms with Crippen LogP contribution in [0.4, 0.5) is 0 Å². The Morgan fingerprint density at radius 3 is 0.297 bits per heavy atom. The zero-order chi connectivity index (χ0) is 31.4. The molecule has 37 heavy (non-hydrogen) atoms. The number of hydrogen-bond acceptors (Lipinski definition) is 10. The normalized spacial score (nSPS) is 7.30. The molecule has 0 radical (unpaired) electrons. The van der Waals surface area contributed by atoms with Crippen LogP contribution in [-0.2, 0) is 44.8 Å². The molecule has 0 unspecified atom stereocenters. The van der Waals surface area contributed by atoms with Gasteiger partial charge in [0.2, 0.25) is 0 Å². The van der Waals surface area contributed by atoms with Crippen LogP contribution >= 0.6 is 0 Å². The third-order valence-corrected chi connectivity index (χ3v) is 0. The average Bonchev–Trinajstić information content (AvgIpc) is 2.55. The molecule has 0 aromatic carbocycles. The van der Waals surface area contributed by atoms with Crippen molar-refractivity contribution in [3.63, 3.8) is 0 Å². The minimum absolute atomic E-state index is 0. The van der Waals surface area contributed by atoms with Crippen LogP contribution in [-0.4, -0.2) is 63.6 Å². The summed E-state index contributed by atoms with van der Waals surface area (Å²) in [5.74, 6) is 0. The van der Waals surface area contributed by atoms with Crippen LogP contribution in [0.5, 0.6) is 0 Å². The van der Waals surface area contributed by atoms with E-state index < -0.39 is 30.5 Å². The third-order valence-electron chi connectivity index (χ3n) is 0. The third kappa shape index (κ3) is 39100. The van der Waals surface area contributed by atoms with Gasteiger partial charge in [-0.1, -0.05) is 104 Å². The summed E-state index contributed by atoms with van der Waals surface area (Å²) in [6.45, 7) is 24.0. The summed E-state index contributed by atoms with van der Waals surface area (Å²) in [5.41, 5.74) is 0. The average molecular weight is 707 g/mol. The molecule has 0 atom stereocenters. The minimum atomic E-state index is -0.417. The predicted octanol–water partition coefficient (Wildman–Crippen LogP) is -4.40. The molecule has 10 nitrogen and oxygen atoms in total. The van der Waals surface area contributed by atoms with Gasteiger partial charge in [-0.2, -0.15) is 0 Å². The summed E-state index contributed by atoms with van der Waals surface area (Å²) in [6.07, 6.45) is -2.08. The van der Waals surface area contributed by atoms with Crippen molar-refractivity contribution >= 4 is 0 Å². The Morgan fingerprint density at radius 1 is 0.297 bits per heavy atom. The van der Waals surface area contributed by atoms with Crippen molar-refractivity contribution in [2.45, 2.75) is 134 Å². The minimum Gasteiger partial charge on any atom is -0.855 e. The fourth-order valence-electron chi connectivity index (χ4n) is 0. The van der Waals surface area contributed by atoms with Crippen molar-refractivity contribution in [1.29, 1.82) is 0 Å². The SMILES string of the molecule is CC(C)[O-].CC(C)[O-].CC(C)[O-].CC(C)[O-].CC(C)[O-].CC[O-].CC[O-].CC[O-].CC[O-].CC[O-].[Nb+5].[Nb+5]. The molecule has 0 aliphatic carbocycles. The molecule has 12 heteroatoms. The summed E-state index contributed by atoms with van der Waals surface area (Å²) in [6, 6.07) is 0. The molecule has 0 aliphatic heterocycles. The summed E-state index contributed by atoms with van der Waals surface area (Å²) >= 11 is 0. The van der Waals surface area contributed by atoms with Crippen molar-refractivity contribution in [1.82, 2.24) is 0 Å². The van der Waals surface area contributed by atoms with Gasteiger partial charge in [0.15, 0.2) is 0 Å². The summed E-state index contributed by atoms with van der Waals surface area (Å²) in [4.78, 5) is 0. The Morgan fingerprint density at radius 2 is 0.297 bits per heavy atom. The van der Waals surface area contributed by atoms with Crippen LogP contribution in [0, 0.1) is 0 Å². The first kappa shape index (κ1) is 77.0. The molecule has 0 rings (SSSR count). The van der Waals surface area contributed by atoms with E-state index in [1.54, 1.807) is 104 Å². The van der Waals surface area contributed by atoms with Gasteiger partial charge in [-0.05, 0) is 0 Å². The second kappa shape index (κ2) is 109. The van der Waals surface area contributed by atoms with Crippen molar-refractivity contribution in [2.75, 3.05) is 33.0 Å². The van der Waals surface area contributed by atoms with E-state index >= 15 is 0 Å². The maximum Gasteiger partial charge on any atom is 5.00 e. The standard InChI is InChI=1S/5C3H7O.5C2H5O.2Nb/c5*1-3(2)4;5*1-2-3;;/h5*3H,1-2H3;5*2H2,1H3;;/q10*-1;2*+5. The van der Waals surface area contributed by atoms with Crippen molar-refractivity contribution in [2.24, 2.45) is 0 Å². The zero-order valence-corrected chi connectivity index (χ0v) is 30.8. The van der Waals surface area contributed by atoms with E-state index in [9.17, 15) is 25.5 Å². The van der Waals surface area contributed by atoms with E-state index in [2.05, 4.69) is 0 Å². The van der Waals surface area contributed by atoms with Crippen LogP contribution in [0.1, 0.15) is 104 Å². The Hall–Kier alpha value is 1.08. The molecule has 0 bridgehead atoms. The summed E-state index contributed by atoms with van der Waals surface area (Å²) < 4.78 is 0.